The molecule has 0 radical (unpaired) electrons. The molecule has 0 unspecified atom stereocenters. The summed E-state index contributed by atoms with van der Waals surface area (Å²) in [5.74, 6) is -3.94. The number of alkyl carbamates (subject to hydrolysis) is 3. The van der Waals surface area contributed by atoms with Gasteiger partial charge in [-0.15, -0.1) is 0 Å². The van der Waals surface area contributed by atoms with Crippen LogP contribution in [-0.4, -0.2) is 159 Å². The molecule has 7 N–H and O–H groups in total. The van der Waals surface area contributed by atoms with Gasteiger partial charge in [0.15, 0.2) is 4.84 Å². The Labute approximate surface area is 671 Å². The summed E-state index contributed by atoms with van der Waals surface area (Å²) in [6.07, 6.45) is 7.85. The van der Waals surface area contributed by atoms with Gasteiger partial charge < -0.3 is 84.2 Å². The van der Waals surface area contributed by atoms with Gasteiger partial charge in [0, 0.05) is 128 Å². The fraction of sp³-hybridized carbons (Fsp3) is 0.582. The van der Waals surface area contributed by atoms with E-state index in [0.29, 0.717) is 25.3 Å². The molecule has 8 heterocycles. The second-order valence-electron chi connectivity index (χ2n) is 28.8. The summed E-state index contributed by atoms with van der Waals surface area (Å²) in [6.45, 7) is 26.8. The van der Waals surface area contributed by atoms with Gasteiger partial charge in [-0.2, -0.15) is 13.2 Å². The predicted molar refractivity (Wildman–Crippen MR) is 420 cm³/mol. The van der Waals surface area contributed by atoms with E-state index >= 15 is 0 Å². The van der Waals surface area contributed by atoms with Crippen molar-refractivity contribution in [3.63, 3.8) is 0 Å². The number of ketones is 2. The normalized spacial score (nSPS) is 13.9. The number of amides is 3. The van der Waals surface area contributed by atoms with E-state index in [2.05, 4.69) is 88.1 Å². The number of esters is 1. The summed E-state index contributed by atoms with van der Waals surface area (Å²) in [4.78, 5) is 105. The number of rotatable bonds is 15. The van der Waals surface area contributed by atoms with Gasteiger partial charge in [-0.3, -0.25) is 19.2 Å². The van der Waals surface area contributed by atoms with Crippen LogP contribution in [0.5, 0.6) is 5.75 Å². The van der Waals surface area contributed by atoms with E-state index in [-0.39, 0.29) is 90.5 Å². The number of carboxylic acids is 1. The van der Waals surface area contributed by atoms with E-state index < -0.39 is 69.8 Å². The van der Waals surface area contributed by atoms with Gasteiger partial charge >= 0.3 is 66.5 Å². The molecule has 5 aromatic rings. The number of aryl methyl sites for hydroxylation is 5. The van der Waals surface area contributed by atoms with Gasteiger partial charge in [-0.1, -0.05) is 58.1 Å². The van der Waals surface area contributed by atoms with Crippen molar-refractivity contribution in [2.45, 2.75) is 222 Å². The number of carbonyl (C=O) groups excluding carboxylic acids is 6. The molecule has 616 valence electrons. The number of anilines is 3. The van der Waals surface area contributed by atoms with E-state index in [1.165, 1.54) is 103 Å². The van der Waals surface area contributed by atoms with Crippen LogP contribution in [-0.2, 0) is 94.2 Å². The number of ether oxygens (including phenoxy) is 5. The van der Waals surface area contributed by atoms with Gasteiger partial charge in [-0.05, 0) is 212 Å². The molecule has 111 heavy (non-hydrogen) atoms. The molecule has 2 aromatic heterocycles. The molecule has 3 amide bonds. The van der Waals surface area contributed by atoms with Gasteiger partial charge in [0.25, 0.3) is 5.78 Å². The maximum absolute atomic E-state index is 12.2. The van der Waals surface area contributed by atoms with Crippen LogP contribution in [0.15, 0.2) is 67.3 Å². The number of nitrogens with zero attached hydrogens (tertiary/aromatic N) is 3. The van der Waals surface area contributed by atoms with Crippen molar-refractivity contribution in [2.75, 3.05) is 94.4 Å². The minimum Gasteiger partial charge on any atom is -0.617 e. The molecule has 32 heteroatoms. The molecule has 0 fully saturated rings. The SMILES string of the molecule is C.C.C.C=C([O-])OC.CC(C)(C)OC(=O)NCCC(=O)O.CC(C)(C)OC(=O)NCCc1cc(=O)oc2c3c4c(cc12)CCCN4CCC3.COC(=O)CC(=O)CCNC(=O)OC(C)(C)C.NCCc1cc(=O)oc2c3c4c(cc12)CCCN4CCC3.O=C(C(Cl)Cl)C(F)(F)F.Oc1ccc2c3c1CCCN3CCC2.[Li+]. The maximum atomic E-state index is 12.2. The summed E-state index contributed by atoms with van der Waals surface area (Å²) in [6, 6.07) is 11.5. The zero-order chi connectivity index (χ0) is 79.7. The number of benzene rings is 3. The number of nitrogens with one attached hydrogen (secondary N) is 3. The monoisotopic (exact) mass is 1600 g/mol. The Morgan fingerprint density at radius 3 is 1.29 bits per heavy atom. The zero-order valence-electron chi connectivity index (χ0n) is 64.0. The Morgan fingerprint density at radius 1 is 0.577 bits per heavy atom. The number of Topliss-reactive ketones (excluding diaryl/α,β-unsaturated/α-hetero) is 2. The van der Waals surface area contributed by atoms with E-state index in [4.69, 9.17) is 33.9 Å². The number of carboxylic acid groups (broad SMARTS) is 1. The molecule has 0 saturated heterocycles. The molecule has 0 saturated carbocycles. The average molecular weight is 1600 g/mol. The summed E-state index contributed by atoms with van der Waals surface area (Å²) >= 11 is 9.22. The summed E-state index contributed by atoms with van der Waals surface area (Å²) in [5.41, 5.74) is 18.7. The standard InChI is InChI=1S/C22H28N2O4.C17H20N2O2.C12H15NO.C11H19NO5.C8H15NO4.C3HCl2F3O.C3H6O2.3CH4.Li/c1-22(2,3)28-21(26)23-9-8-14-13-18(25)27-20-16-7-5-11-24-10-4-6-15(19(16)24)12-17(14)20;18-6-5-11-10-15(20)21-17-13-4-2-8-19-7-1-3-12(16(13)19)9-14(11)17;14-11-6-5-9-3-1-7-13-8-2-4-10(11)12(9)13;1-11(2,3)17-10(15)12-6-5-8(13)7-9(14)16-4;1-8(2,3)13-7(12)9-5-4-6(10)11;4-2(5)1(9)3(6,7)8;1-3(4)5-2;;;;/h12-13H,4-11H2,1-3H3,(H,23,26);9-10H,1-8,18H2;5-6,14H,1-4,7-8H2;5-7H2,1-4H3,(H,12,15);4-5H2,1-3H3,(H,9,12)(H,10,11);2H;4H,1H2,2H3;3*1H4;/q;;;;;;;;;;+1/p-1. The Hall–Kier alpha value is -8.36. The van der Waals surface area contributed by atoms with Crippen molar-refractivity contribution in [3.05, 3.63) is 114 Å². The van der Waals surface area contributed by atoms with Crippen molar-refractivity contribution >= 4 is 104 Å². The summed E-state index contributed by atoms with van der Waals surface area (Å²) in [5, 5.41) is 37.2. The molecule has 3 aromatic carbocycles. The van der Waals surface area contributed by atoms with Crippen molar-refractivity contribution in [1.82, 2.24) is 16.0 Å². The van der Waals surface area contributed by atoms with E-state index in [9.17, 15) is 66.5 Å². The van der Waals surface area contributed by atoms with Crippen molar-refractivity contribution in [2.24, 2.45) is 5.73 Å². The third-order valence-corrected chi connectivity index (χ3v) is 17.2. The first-order chi connectivity index (χ1) is 50.1. The zero-order valence-corrected chi connectivity index (χ0v) is 65.5. The minimum absolute atomic E-state index is 0. The van der Waals surface area contributed by atoms with Crippen LogP contribution < -0.4 is 71.6 Å². The molecule has 11 rings (SSSR count). The Kier molecular flexibility index (Phi) is 42.2. The van der Waals surface area contributed by atoms with E-state index in [1.807, 2.05) is 26.8 Å². The fourth-order valence-corrected chi connectivity index (χ4v) is 12.9. The number of methoxy groups -OCH3 is 2. The topological polar surface area (TPSA) is 361 Å². The van der Waals surface area contributed by atoms with Crippen LogP contribution in [0.2, 0.25) is 0 Å². The van der Waals surface area contributed by atoms with Gasteiger partial charge in [-0.25, -0.2) is 24.0 Å². The van der Waals surface area contributed by atoms with Crippen LogP contribution in [0.1, 0.15) is 187 Å². The Balaban J connectivity index is 0.000000674. The molecule has 0 atom stereocenters. The molecular formula is C79H115Cl2F3LiN7O19. The third-order valence-electron chi connectivity index (χ3n) is 16.8. The maximum Gasteiger partial charge on any atom is 1.00 e. The van der Waals surface area contributed by atoms with Crippen LogP contribution >= 0.6 is 23.2 Å². The first-order valence-electron chi connectivity index (χ1n) is 35.6. The van der Waals surface area contributed by atoms with Crippen molar-refractivity contribution in [3.8, 4) is 5.75 Å². The average Bonchev–Trinajstić information content (AvgIpc) is 0.755. The second-order valence-corrected chi connectivity index (χ2v) is 29.9. The number of aromatic hydroxyl groups is 1. The number of hydrogen-bond donors (Lipinski definition) is 6. The number of phenols is 1. The van der Waals surface area contributed by atoms with Gasteiger partial charge in [0.1, 0.15) is 45.9 Å². The smallest absolute Gasteiger partial charge is 0.617 e. The minimum atomic E-state index is -4.92. The predicted octanol–water partition coefficient (Wildman–Crippen LogP) is 9.96. The van der Waals surface area contributed by atoms with Crippen LogP contribution in [0.25, 0.3) is 21.9 Å². The summed E-state index contributed by atoms with van der Waals surface area (Å²) in [7, 11) is 2.50. The largest absolute Gasteiger partial charge is 1.00 e. The van der Waals surface area contributed by atoms with Crippen LogP contribution in [0, 0.1) is 0 Å². The fourth-order valence-electron chi connectivity index (χ4n) is 12.7. The van der Waals surface area contributed by atoms with Gasteiger partial charge in [0.05, 0.1) is 13.5 Å². The van der Waals surface area contributed by atoms with Crippen LogP contribution in [0.4, 0.5) is 44.6 Å². The Bertz CT molecular complexity index is 4050. The first kappa shape index (κ1) is 101. The van der Waals surface area contributed by atoms with Gasteiger partial charge in [0.2, 0.25) is 0 Å². The number of halogens is 5. The number of carbonyl (C=O) groups is 7. The number of nitrogens with two attached hydrogens (primary N) is 1. The first-order valence-corrected chi connectivity index (χ1v) is 36.5. The quantitative estimate of drug-likeness (QED) is 0.0108. The van der Waals surface area contributed by atoms with E-state index in [0.717, 1.165) is 117 Å². The molecule has 26 nitrogen and oxygen atoms in total. The number of phenolic OH excluding ortho intramolecular Hbond substituents is 1. The molecule has 0 bridgehead atoms. The third kappa shape index (κ3) is 33.1. The Morgan fingerprint density at radius 2 is 0.937 bits per heavy atom. The summed E-state index contributed by atoms with van der Waals surface area (Å²) < 4.78 is 68.3. The van der Waals surface area contributed by atoms with Crippen molar-refractivity contribution < 1.29 is 113 Å². The number of alkyl halides is 5. The molecule has 6 aliphatic heterocycles. The number of fused-ring (bicyclic) bond motifs is 4. The second kappa shape index (κ2) is 46.6. The number of aliphatic carboxylic acids is 1. The van der Waals surface area contributed by atoms with E-state index in [1.54, 1.807) is 53.7 Å². The van der Waals surface area contributed by atoms with Crippen LogP contribution in [0.3, 0.4) is 0 Å². The molecule has 0 spiro atoms. The number of hydrogen-bond acceptors (Lipinski definition) is 22. The molecule has 6 aliphatic rings. The molecular weight excluding hydrogens is 1490 g/mol. The molecule has 0 aliphatic carbocycles. The van der Waals surface area contributed by atoms with Crippen molar-refractivity contribution in [1.29, 1.82) is 0 Å².